The van der Waals surface area contributed by atoms with E-state index < -0.39 is 9.84 Å². The van der Waals surface area contributed by atoms with E-state index in [2.05, 4.69) is 10.00 Å². The highest BCUT2D eigenvalue weighted by Crippen LogP contribution is 2.30. The minimum atomic E-state index is -3.80. The Hall–Kier alpha value is -2.35. The summed E-state index contributed by atoms with van der Waals surface area (Å²) in [5, 5.41) is 4.91. The van der Waals surface area contributed by atoms with Crippen LogP contribution in [0.3, 0.4) is 0 Å². The molecule has 0 radical (unpaired) electrons. The lowest BCUT2D eigenvalue weighted by molar-refractivity contribution is 0.252. The largest absolute Gasteiger partial charge is 0.476 e. The highest BCUT2D eigenvalue weighted by Gasteiger charge is 2.26. The zero-order chi connectivity index (χ0) is 21.0. The van der Waals surface area contributed by atoms with Gasteiger partial charge in [0.2, 0.25) is 9.84 Å². The summed E-state index contributed by atoms with van der Waals surface area (Å²) in [7, 11) is -3.80. The van der Waals surface area contributed by atoms with Crippen molar-refractivity contribution in [3.63, 3.8) is 0 Å². The molecule has 1 aromatic heterocycles. The minimum Gasteiger partial charge on any atom is -0.476 e. The lowest BCUT2D eigenvalue weighted by Crippen LogP contribution is -2.22. The number of sulfone groups is 1. The molecular weight excluding hydrogens is 422 g/mol. The van der Waals surface area contributed by atoms with E-state index >= 15 is 0 Å². The number of rotatable bonds is 8. The number of nitrogens with zero attached hydrogens (tertiary/aromatic N) is 3. The molecule has 0 bridgehead atoms. The van der Waals surface area contributed by atoms with Gasteiger partial charge in [-0.1, -0.05) is 29.8 Å². The van der Waals surface area contributed by atoms with E-state index in [4.69, 9.17) is 16.3 Å². The van der Waals surface area contributed by atoms with Crippen LogP contribution >= 0.6 is 11.6 Å². The van der Waals surface area contributed by atoms with Crippen molar-refractivity contribution < 1.29 is 13.2 Å². The third-order valence-electron chi connectivity index (χ3n) is 5.14. The normalized spacial score (nSPS) is 14.8. The number of hydrogen-bond donors (Lipinski definition) is 0. The van der Waals surface area contributed by atoms with E-state index in [1.165, 1.54) is 31.2 Å². The van der Waals surface area contributed by atoms with Crippen molar-refractivity contribution in [2.24, 2.45) is 0 Å². The van der Waals surface area contributed by atoms with Gasteiger partial charge in [0.15, 0.2) is 4.90 Å². The molecular formula is C22H24ClN3O3S. The molecule has 4 rings (SSSR count). The number of aromatic nitrogens is 2. The smallest absolute Gasteiger partial charge is 0.252 e. The fourth-order valence-electron chi connectivity index (χ4n) is 3.54. The van der Waals surface area contributed by atoms with E-state index in [1.807, 2.05) is 30.3 Å². The highest BCUT2D eigenvalue weighted by atomic mass is 35.5. The number of ether oxygens (including phenoxy) is 1. The van der Waals surface area contributed by atoms with Gasteiger partial charge in [0.25, 0.3) is 5.88 Å². The summed E-state index contributed by atoms with van der Waals surface area (Å²) >= 11 is 5.92. The molecule has 2 heterocycles. The van der Waals surface area contributed by atoms with Crippen LogP contribution in [0.5, 0.6) is 5.88 Å². The van der Waals surface area contributed by atoms with Gasteiger partial charge in [-0.05, 0) is 68.8 Å². The second kappa shape index (κ2) is 9.20. The highest BCUT2D eigenvalue weighted by molar-refractivity contribution is 7.91. The first-order valence-electron chi connectivity index (χ1n) is 10.0. The summed E-state index contributed by atoms with van der Waals surface area (Å²) in [6, 6.07) is 15.5. The topological polar surface area (TPSA) is 64.4 Å². The third-order valence-corrected chi connectivity index (χ3v) is 7.14. The molecule has 6 nitrogen and oxygen atoms in total. The minimum absolute atomic E-state index is 0.0508. The second-order valence-corrected chi connectivity index (χ2v) is 9.64. The van der Waals surface area contributed by atoms with Gasteiger partial charge < -0.3 is 9.64 Å². The van der Waals surface area contributed by atoms with Crippen molar-refractivity contribution in [3.05, 3.63) is 65.8 Å². The number of likely N-dealkylation sites (tertiary alicyclic amines) is 1. The molecule has 0 N–H and O–H groups in total. The van der Waals surface area contributed by atoms with Gasteiger partial charge in [-0.2, -0.15) is 0 Å². The maximum atomic E-state index is 13.3. The molecule has 1 fully saturated rings. The van der Waals surface area contributed by atoms with Crippen molar-refractivity contribution in [3.8, 4) is 11.6 Å². The zero-order valence-corrected chi connectivity index (χ0v) is 18.1. The van der Waals surface area contributed by atoms with Crippen LogP contribution in [0.1, 0.15) is 19.3 Å². The molecule has 0 unspecified atom stereocenters. The van der Waals surface area contributed by atoms with Crippen molar-refractivity contribution in [1.29, 1.82) is 0 Å². The van der Waals surface area contributed by atoms with Gasteiger partial charge in [0.1, 0.15) is 0 Å². The number of para-hydroxylation sites is 1. The van der Waals surface area contributed by atoms with Gasteiger partial charge in [-0.3, -0.25) is 0 Å². The molecule has 30 heavy (non-hydrogen) atoms. The van der Waals surface area contributed by atoms with E-state index in [0.717, 1.165) is 31.7 Å². The average molecular weight is 446 g/mol. The maximum Gasteiger partial charge on any atom is 0.252 e. The van der Waals surface area contributed by atoms with Crippen LogP contribution < -0.4 is 4.74 Å². The molecule has 0 amide bonds. The molecule has 0 aliphatic carbocycles. The summed E-state index contributed by atoms with van der Waals surface area (Å²) in [5.41, 5.74) is 0.761. The standard InChI is InChI=1S/C22H24ClN3O3S/c23-18-9-11-20(12-10-18)30(27,28)21-17-26(19-7-2-1-3-8-19)24-22(21)29-16-6-15-25-13-4-5-14-25/h1-3,7-12,17H,4-6,13-16H2. The molecule has 1 aliphatic heterocycles. The van der Waals surface area contributed by atoms with Gasteiger partial charge in [-0.15, -0.1) is 5.10 Å². The quantitative estimate of drug-likeness (QED) is 0.485. The Labute approximate surface area is 182 Å². The second-order valence-electron chi connectivity index (χ2n) is 7.29. The first-order valence-corrected chi connectivity index (χ1v) is 11.9. The van der Waals surface area contributed by atoms with Gasteiger partial charge in [0, 0.05) is 11.6 Å². The molecule has 2 aromatic carbocycles. The van der Waals surface area contributed by atoms with Gasteiger partial charge in [0.05, 0.1) is 23.4 Å². The van der Waals surface area contributed by atoms with E-state index in [9.17, 15) is 8.42 Å². The Morgan fingerprint density at radius 1 is 1.00 bits per heavy atom. The predicted octanol–water partition coefficient (Wildman–Crippen LogP) is 4.22. The van der Waals surface area contributed by atoms with Crippen molar-refractivity contribution >= 4 is 21.4 Å². The van der Waals surface area contributed by atoms with Crippen LogP contribution in [0.4, 0.5) is 0 Å². The van der Waals surface area contributed by atoms with Crippen molar-refractivity contribution in [2.45, 2.75) is 29.1 Å². The fourth-order valence-corrected chi connectivity index (χ4v) is 4.99. The van der Waals surface area contributed by atoms with Crippen LogP contribution in [-0.2, 0) is 9.84 Å². The Morgan fingerprint density at radius 3 is 2.40 bits per heavy atom. The molecule has 0 atom stereocenters. The fraction of sp³-hybridized carbons (Fsp3) is 0.318. The monoisotopic (exact) mass is 445 g/mol. The van der Waals surface area contributed by atoms with E-state index in [1.54, 1.807) is 16.8 Å². The molecule has 8 heteroatoms. The van der Waals surface area contributed by atoms with Crippen LogP contribution in [0.2, 0.25) is 5.02 Å². The summed E-state index contributed by atoms with van der Waals surface area (Å²) in [6.45, 7) is 3.60. The Balaban J connectivity index is 1.60. The molecule has 1 saturated heterocycles. The van der Waals surface area contributed by atoms with E-state index in [-0.39, 0.29) is 15.7 Å². The Kier molecular flexibility index (Phi) is 6.41. The Bertz CT molecular complexity index is 1080. The maximum absolute atomic E-state index is 13.3. The number of benzene rings is 2. The number of halogens is 1. The van der Waals surface area contributed by atoms with Crippen molar-refractivity contribution in [1.82, 2.24) is 14.7 Å². The van der Waals surface area contributed by atoms with Crippen LogP contribution in [0.25, 0.3) is 5.69 Å². The molecule has 0 spiro atoms. The molecule has 0 saturated carbocycles. The van der Waals surface area contributed by atoms with E-state index in [0.29, 0.717) is 11.6 Å². The summed E-state index contributed by atoms with van der Waals surface area (Å²) in [6.07, 6.45) is 4.81. The molecule has 1 aliphatic rings. The Morgan fingerprint density at radius 2 is 1.70 bits per heavy atom. The lowest BCUT2D eigenvalue weighted by Gasteiger charge is -2.14. The first kappa shape index (κ1) is 20.9. The number of hydrogen-bond acceptors (Lipinski definition) is 5. The summed E-state index contributed by atoms with van der Waals surface area (Å²) in [4.78, 5) is 2.60. The molecule has 158 valence electrons. The van der Waals surface area contributed by atoms with Crippen molar-refractivity contribution in [2.75, 3.05) is 26.2 Å². The first-order chi connectivity index (χ1) is 14.5. The van der Waals surface area contributed by atoms with Crippen LogP contribution in [0, 0.1) is 0 Å². The third kappa shape index (κ3) is 4.69. The predicted molar refractivity (Wildman–Crippen MR) is 116 cm³/mol. The summed E-state index contributed by atoms with van der Waals surface area (Å²) < 4.78 is 33.9. The van der Waals surface area contributed by atoms with Gasteiger partial charge >= 0.3 is 0 Å². The van der Waals surface area contributed by atoms with Gasteiger partial charge in [-0.25, -0.2) is 13.1 Å². The van der Waals surface area contributed by atoms with Crippen LogP contribution in [0.15, 0.2) is 70.6 Å². The SMILES string of the molecule is O=S(=O)(c1ccc(Cl)cc1)c1cn(-c2ccccc2)nc1OCCCN1CCCC1. The molecule has 3 aromatic rings. The average Bonchev–Trinajstić information content (AvgIpc) is 3.42. The summed E-state index contributed by atoms with van der Waals surface area (Å²) in [5.74, 6) is 0.121. The van der Waals surface area contributed by atoms with Crippen LogP contribution in [-0.4, -0.2) is 49.3 Å². The lowest BCUT2D eigenvalue weighted by atomic mass is 10.3. The zero-order valence-electron chi connectivity index (χ0n) is 16.6.